The molecule has 1 saturated heterocycles. The second-order valence-corrected chi connectivity index (χ2v) is 9.32. The van der Waals surface area contributed by atoms with E-state index in [1.807, 2.05) is 0 Å². The highest BCUT2D eigenvalue weighted by atomic mass is 32.2. The van der Waals surface area contributed by atoms with Gasteiger partial charge in [-0.1, -0.05) is 30.3 Å². The molecule has 0 radical (unpaired) electrons. The molecule has 162 valence electrons. The van der Waals surface area contributed by atoms with E-state index in [2.05, 4.69) is 10.1 Å². The second kappa shape index (κ2) is 9.38. The number of hydrogen-bond acceptors (Lipinski definition) is 7. The van der Waals surface area contributed by atoms with Crippen LogP contribution < -0.4 is 0 Å². The zero-order chi connectivity index (χ0) is 21.7. The molecule has 1 aliphatic rings. The number of sulfone groups is 1. The number of carbonyl (C=O) groups is 2. The summed E-state index contributed by atoms with van der Waals surface area (Å²) in [7, 11) is -3.55. The fraction of sp³-hybridized carbons (Fsp3) is 0.500. The number of amides is 2. The van der Waals surface area contributed by atoms with Gasteiger partial charge in [-0.05, 0) is 25.5 Å². The van der Waals surface area contributed by atoms with Gasteiger partial charge < -0.3 is 14.3 Å². The van der Waals surface area contributed by atoms with Gasteiger partial charge in [-0.25, -0.2) is 8.42 Å². The number of aryl methyl sites for hydroxylation is 1. The third kappa shape index (κ3) is 5.05. The van der Waals surface area contributed by atoms with Gasteiger partial charge in [0, 0.05) is 25.9 Å². The topological polar surface area (TPSA) is 114 Å². The third-order valence-corrected chi connectivity index (χ3v) is 6.82. The lowest BCUT2D eigenvalue weighted by Crippen LogP contribution is -2.40. The molecule has 1 fully saturated rings. The molecule has 2 amide bonds. The zero-order valence-electron chi connectivity index (χ0n) is 17.2. The van der Waals surface area contributed by atoms with Gasteiger partial charge in [-0.2, -0.15) is 4.98 Å². The summed E-state index contributed by atoms with van der Waals surface area (Å²) in [5, 5.41) is 3.81. The van der Waals surface area contributed by atoms with Crippen LogP contribution in [-0.2, 0) is 19.4 Å². The highest BCUT2D eigenvalue weighted by molar-refractivity contribution is 7.91. The molecule has 0 bridgehead atoms. The maximum absolute atomic E-state index is 12.8. The molecule has 0 N–H and O–H groups in total. The first-order chi connectivity index (χ1) is 14.3. The fourth-order valence-corrected chi connectivity index (χ4v) is 4.75. The SMILES string of the molecule is CCC(=O)N1CCCN(C(=O)CCS(=O)(=O)c2ccccc2)CC1c1nc(C)no1. The van der Waals surface area contributed by atoms with Crippen molar-refractivity contribution in [1.82, 2.24) is 19.9 Å². The fourth-order valence-electron chi connectivity index (χ4n) is 3.50. The Morgan fingerprint density at radius 1 is 1.17 bits per heavy atom. The number of nitrogens with zero attached hydrogens (tertiary/aromatic N) is 4. The zero-order valence-corrected chi connectivity index (χ0v) is 18.0. The van der Waals surface area contributed by atoms with Crippen molar-refractivity contribution in [1.29, 1.82) is 0 Å². The van der Waals surface area contributed by atoms with Gasteiger partial charge in [0.25, 0.3) is 5.89 Å². The predicted molar refractivity (Wildman–Crippen MR) is 108 cm³/mol. The first-order valence-corrected chi connectivity index (χ1v) is 11.6. The smallest absolute Gasteiger partial charge is 0.251 e. The van der Waals surface area contributed by atoms with E-state index < -0.39 is 15.9 Å². The molecule has 9 nitrogen and oxygen atoms in total. The van der Waals surface area contributed by atoms with Crippen LogP contribution in [0.1, 0.15) is 43.9 Å². The van der Waals surface area contributed by atoms with Crippen molar-refractivity contribution in [2.24, 2.45) is 0 Å². The summed E-state index contributed by atoms with van der Waals surface area (Å²) < 4.78 is 30.3. The summed E-state index contributed by atoms with van der Waals surface area (Å²) in [4.78, 5) is 33.0. The number of rotatable bonds is 6. The van der Waals surface area contributed by atoms with Crippen LogP contribution in [0.15, 0.2) is 39.8 Å². The van der Waals surface area contributed by atoms with Crippen LogP contribution in [0, 0.1) is 6.92 Å². The highest BCUT2D eigenvalue weighted by Gasteiger charge is 2.34. The van der Waals surface area contributed by atoms with Crippen molar-refractivity contribution in [3.63, 3.8) is 0 Å². The lowest BCUT2D eigenvalue weighted by molar-refractivity contribution is -0.136. The first-order valence-electron chi connectivity index (χ1n) is 9.97. The quantitative estimate of drug-likeness (QED) is 0.680. The van der Waals surface area contributed by atoms with Crippen LogP contribution in [-0.4, -0.2) is 65.6 Å². The Balaban J connectivity index is 1.73. The number of hydrogen-bond donors (Lipinski definition) is 0. The molecule has 1 unspecified atom stereocenters. The molecular weight excluding hydrogens is 408 g/mol. The summed E-state index contributed by atoms with van der Waals surface area (Å²) in [6, 6.07) is 7.54. The molecule has 0 aliphatic carbocycles. The number of aromatic nitrogens is 2. The van der Waals surface area contributed by atoms with Gasteiger partial charge >= 0.3 is 0 Å². The van der Waals surface area contributed by atoms with Crippen molar-refractivity contribution in [2.75, 3.05) is 25.4 Å². The number of carbonyl (C=O) groups excluding carboxylic acids is 2. The van der Waals surface area contributed by atoms with Crippen molar-refractivity contribution >= 4 is 21.7 Å². The normalized spacial score (nSPS) is 17.6. The van der Waals surface area contributed by atoms with Gasteiger partial charge in [-0.15, -0.1) is 0 Å². The summed E-state index contributed by atoms with van der Waals surface area (Å²) in [6.07, 6.45) is 0.786. The average molecular weight is 435 g/mol. The molecule has 2 aromatic rings. The minimum absolute atomic E-state index is 0.0585. The van der Waals surface area contributed by atoms with E-state index in [0.29, 0.717) is 31.8 Å². The molecule has 10 heteroatoms. The molecular formula is C20H26N4O5S. The lowest BCUT2D eigenvalue weighted by atomic mass is 10.2. The van der Waals surface area contributed by atoms with Crippen LogP contribution in [0.2, 0.25) is 0 Å². The minimum Gasteiger partial charge on any atom is -0.340 e. The third-order valence-electron chi connectivity index (χ3n) is 5.09. The Bertz CT molecular complexity index is 990. The van der Waals surface area contributed by atoms with Gasteiger partial charge in [0.05, 0.1) is 17.2 Å². The molecule has 0 saturated carbocycles. The minimum atomic E-state index is -3.55. The first kappa shape index (κ1) is 21.9. The van der Waals surface area contributed by atoms with Crippen molar-refractivity contribution in [3.05, 3.63) is 42.0 Å². The van der Waals surface area contributed by atoms with E-state index in [1.54, 1.807) is 41.8 Å². The highest BCUT2D eigenvalue weighted by Crippen LogP contribution is 2.25. The molecule has 1 aliphatic heterocycles. The van der Waals surface area contributed by atoms with E-state index >= 15 is 0 Å². The monoisotopic (exact) mass is 434 g/mol. The summed E-state index contributed by atoms with van der Waals surface area (Å²) >= 11 is 0. The van der Waals surface area contributed by atoms with Crippen LogP contribution >= 0.6 is 0 Å². The molecule has 0 spiro atoms. The molecule has 1 aromatic heterocycles. The van der Waals surface area contributed by atoms with Crippen LogP contribution in [0.25, 0.3) is 0 Å². The van der Waals surface area contributed by atoms with Crippen molar-refractivity contribution < 1.29 is 22.5 Å². The van der Waals surface area contributed by atoms with Crippen LogP contribution in [0.5, 0.6) is 0 Å². The van der Waals surface area contributed by atoms with E-state index in [9.17, 15) is 18.0 Å². The van der Waals surface area contributed by atoms with E-state index in [-0.39, 0.29) is 41.3 Å². The van der Waals surface area contributed by atoms with Crippen LogP contribution in [0.3, 0.4) is 0 Å². The van der Waals surface area contributed by atoms with E-state index in [1.165, 1.54) is 12.1 Å². The predicted octanol–water partition coefficient (Wildman–Crippen LogP) is 1.75. The molecule has 2 heterocycles. The average Bonchev–Trinajstić information content (AvgIpc) is 3.05. The molecule has 30 heavy (non-hydrogen) atoms. The molecule has 1 atom stereocenters. The Labute approximate surface area is 176 Å². The van der Waals surface area contributed by atoms with Gasteiger partial charge in [0.2, 0.25) is 11.8 Å². The standard InChI is InChI=1S/C20H26N4O5S/c1-3-18(25)24-12-7-11-23(14-17(24)20-21-15(2)22-29-20)19(26)10-13-30(27,28)16-8-5-4-6-9-16/h4-6,8-9,17H,3,7,10-14H2,1-2H3. The Morgan fingerprint density at radius 3 is 2.53 bits per heavy atom. The van der Waals surface area contributed by atoms with Gasteiger partial charge in [0.1, 0.15) is 6.04 Å². The summed E-state index contributed by atoms with van der Waals surface area (Å²) in [6.45, 7) is 4.55. The largest absolute Gasteiger partial charge is 0.340 e. The maximum atomic E-state index is 12.8. The second-order valence-electron chi connectivity index (χ2n) is 7.21. The van der Waals surface area contributed by atoms with Crippen LogP contribution in [0.4, 0.5) is 0 Å². The Hall–Kier alpha value is -2.75. The van der Waals surface area contributed by atoms with E-state index in [0.717, 1.165) is 0 Å². The molecule has 1 aromatic carbocycles. The van der Waals surface area contributed by atoms with Crippen molar-refractivity contribution in [3.8, 4) is 0 Å². The summed E-state index contributed by atoms with van der Waals surface area (Å²) in [5.41, 5.74) is 0. The van der Waals surface area contributed by atoms with Gasteiger partial charge in [0.15, 0.2) is 15.7 Å². The van der Waals surface area contributed by atoms with Gasteiger partial charge in [-0.3, -0.25) is 9.59 Å². The molecule has 3 rings (SSSR count). The van der Waals surface area contributed by atoms with E-state index in [4.69, 9.17) is 4.52 Å². The Kier molecular flexibility index (Phi) is 6.86. The lowest BCUT2D eigenvalue weighted by Gasteiger charge is -2.29. The Morgan fingerprint density at radius 2 is 1.90 bits per heavy atom. The maximum Gasteiger partial charge on any atom is 0.251 e. The number of benzene rings is 1. The van der Waals surface area contributed by atoms with Crippen molar-refractivity contribution in [2.45, 2.75) is 44.0 Å². The summed E-state index contributed by atoms with van der Waals surface area (Å²) in [5.74, 6) is 0.128.